The predicted octanol–water partition coefficient (Wildman–Crippen LogP) is 2.57. The molecule has 0 spiro atoms. The molecule has 0 aromatic heterocycles. The normalized spacial score (nSPS) is 24.5. The van der Waals surface area contributed by atoms with Gasteiger partial charge in [-0.15, -0.1) is 0 Å². The van der Waals surface area contributed by atoms with Crippen LogP contribution < -0.4 is 4.90 Å². The van der Waals surface area contributed by atoms with Crippen molar-refractivity contribution in [1.82, 2.24) is 14.7 Å². The predicted molar refractivity (Wildman–Crippen MR) is 109 cm³/mol. The highest BCUT2D eigenvalue weighted by molar-refractivity contribution is 6.31. The largest absolute Gasteiger partial charge is 0.328 e. The van der Waals surface area contributed by atoms with Crippen molar-refractivity contribution in [2.75, 3.05) is 11.9 Å². The maximum Gasteiger partial charge on any atom is 0.328 e. The number of aliphatic imine (C=N–C) groups is 1. The number of allylic oxidation sites excluding steroid dienone is 1. The number of hydrogen-bond donors (Lipinski definition) is 0. The van der Waals surface area contributed by atoms with Crippen LogP contribution in [0.4, 0.5) is 10.5 Å². The molecule has 3 unspecified atom stereocenters. The average Bonchev–Trinajstić information content (AvgIpc) is 3.16. The van der Waals surface area contributed by atoms with Crippen molar-refractivity contribution in [1.29, 1.82) is 0 Å². The van der Waals surface area contributed by atoms with Gasteiger partial charge in [0.25, 0.3) is 5.91 Å². The molecular formula is C20H22ClN5O3. The molecule has 0 N–H and O–H groups in total. The second kappa shape index (κ2) is 6.59. The van der Waals surface area contributed by atoms with Crippen LogP contribution in [-0.2, 0) is 9.59 Å². The number of nitrogens with zero attached hydrogens (tertiary/aromatic N) is 5. The third kappa shape index (κ3) is 2.73. The summed E-state index contributed by atoms with van der Waals surface area (Å²) in [4.78, 5) is 48.8. The number of benzene rings is 1. The summed E-state index contributed by atoms with van der Waals surface area (Å²) in [5, 5.41) is 0.595. The summed E-state index contributed by atoms with van der Waals surface area (Å²) in [6.45, 7) is 6.84. The summed E-state index contributed by atoms with van der Waals surface area (Å²) in [6, 6.07) is 3.53. The molecule has 1 saturated heterocycles. The van der Waals surface area contributed by atoms with E-state index in [0.717, 1.165) is 21.8 Å². The Kier molecular flexibility index (Phi) is 4.42. The number of guanidine groups is 1. The lowest BCUT2D eigenvalue weighted by atomic mass is 10.1. The number of amides is 3. The van der Waals surface area contributed by atoms with Crippen LogP contribution >= 0.6 is 11.6 Å². The molecule has 0 saturated carbocycles. The molecule has 0 aliphatic carbocycles. The first-order valence-corrected chi connectivity index (χ1v) is 9.72. The second-order valence-corrected chi connectivity index (χ2v) is 8.06. The number of urea groups is 1. The number of halogens is 1. The standard InChI is InChI=1S/C20H22ClN5O3/c1-10-6-7-14(21)8-15(10)25-11(2)9-24-16-17(22-19(24)25)23(5)20(29)26(18(16)28)12(3)13(4)27/h6-9,12,16-17H,1-5H3. The third-order valence-corrected chi connectivity index (χ3v) is 5.96. The number of ketones is 1. The molecule has 29 heavy (non-hydrogen) atoms. The van der Waals surface area contributed by atoms with Crippen LogP contribution in [0.1, 0.15) is 26.3 Å². The zero-order valence-corrected chi connectivity index (χ0v) is 17.6. The van der Waals surface area contributed by atoms with Crippen LogP contribution in [0.3, 0.4) is 0 Å². The Labute approximate surface area is 174 Å². The molecular weight excluding hydrogens is 394 g/mol. The molecule has 3 aliphatic heterocycles. The van der Waals surface area contributed by atoms with Crippen LogP contribution in [0.25, 0.3) is 0 Å². The summed E-state index contributed by atoms with van der Waals surface area (Å²) < 4.78 is 0. The van der Waals surface area contributed by atoms with Gasteiger partial charge in [-0.05, 0) is 45.4 Å². The van der Waals surface area contributed by atoms with E-state index in [-0.39, 0.29) is 5.78 Å². The summed E-state index contributed by atoms with van der Waals surface area (Å²) in [7, 11) is 1.60. The van der Waals surface area contributed by atoms with Gasteiger partial charge in [0.1, 0.15) is 0 Å². The van der Waals surface area contributed by atoms with Crippen molar-refractivity contribution in [2.24, 2.45) is 4.99 Å². The van der Waals surface area contributed by atoms with Crippen molar-refractivity contribution in [3.05, 3.63) is 40.7 Å². The highest BCUT2D eigenvalue weighted by Crippen LogP contribution is 2.38. The van der Waals surface area contributed by atoms with E-state index in [1.54, 1.807) is 18.9 Å². The molecule has 3 amide bonds. The fraction of sp³-hybridized carbons (Fsp3) is 0.400. The number of hydrogen-bond acceptors (Lipinski definition) is 6. The monoisotopic (exact) mass is 415 g/mol. The Morgan fingerprint density at radius 3 is 2.59 bits per heavy atom. The van der Waals surface area contributed by atoms with E-state index >= 15 is 0 Å². The van der Waals surface area contributed by atoms with Crippen molar-refractivity contribution >= 4 is 41.0 Å². The molecule has 8 nitrogen and oxygen atoms in total. The fourth-order valence-electron chi connectivity index (χ4n) is 3.98. The van der Waals surface area contributed by atoms with Gasteiger partial charge in [0.2, 0.25) is 5.96 Å². The number of likely N-dealkylation sites (N-methyl/N-ethyl adjacent to an activating group) is 1. The zero-order chi connectivity index (χ0) is 21.2. The van der Waals surface area contributed by atoms with Crippen molar-refractivity contribution < 1.29 is 14.4 Å². The Balaban J connectivity index is 1.76. The Morgan fingerprint density at radius 2 is 1.93 bits per heavy atom. The van der Waals surface area contributed by atoms with Crippen molar-refractivity contribution in [3.8, 4) is 0 Å². The highest BCUT2D eigenvalue weighted by Gasteiger charge is 2.55. The molecule has 1 aromatic carbocycles. The van der Waals surface area contributed by atoms with Gasteiger partial charge in [-0.25, -0.2) is 9.79 Å². The molecule has 0 radical (unpaired) electrons. The van der Waals surface area contributed by atoms with Crippen molar-refractivity contribution in [2.45, 2.75) is 45.9 Å². The molecule has 4 rings (SSSR count). The van der Waals surface area contributed by atoms with Crippen LogP contribution in [0.2, 0.25) is 5.02 Å². The van der Waals surface area contributed by atoms with Crippen LogP contribution in [0.15, 0.2) is 35.1 Å². The lowest BCUT2D eigenvalue weighted by Crippen LogP contribution is -2.66. The summed E-state index contributed by atoms with van der Waals surface area (Å²) >= 11 is 6.21. The minimum atomic E-state index is -0.832. The van der Waals surface area contributed by atoms with E-state index in [4.69, 9.17) is 16.6 Å². The Hall–Kier alpha value is -2.87. The minimum Gasteiger partial charge on any atom is -0.302 e. The van der Waals surface area contributed by atoms with Crippen LogP contribution in [-0.4, -0.2) is 63.7 Å². The molecule has 9 heteroatoms. The number of fused-ring (bicyclic) bond motifs is 3. The molecule has 3 atom stereocenters. The number of aryl methyl sites for hydroxylation is 1. The molecule has 1 aromatic rings. The van der Waals surface area contributed by atoms with Gasteiger partial charge in [0, 0.05) is 24.0 Å². The maximum absolute atomic E-state index is 13.3. The van der Waals surface area contributed by atoms with Gasteiger partial charge in [-0.2, -0.15) is 0 Å². The molecule has 152 valence electrons. The van der Waals surface area contributed by atoms with Crippen LogP contribution in [0, 0.1) is 6.92 Å². The van der Waals surface area contributed by atoms with Crippen molar-refractivity contribution in [3.63, 3.8) is 0 Å². The SMILES string of the molecule is CC(=O)C(C)N1C(=O)C2C(N=C3N(c4cc(Cl)ccc4C)C(C)=CN32)N(C)C1=O. The Morgan fingerprint density at radius 1 is 1.24 bits per heavy atom. The minimum absolute atomic E-state index is 0.248. The van der Waals surface area contributed by atoms with Crippen LogP contribution in [0.5, 0.6) is 0 Å². The molecule has 3 heterocycles. The first-order valence-electron chi connectivity index (χ1n) is 9.34. The Bertz CT molecular complexity index is 1000. The average molecular weight is 416 g/mol. The lowest BCUT2D eigenvalue weighted by Gasteiger charge is -2.41. The number of carbonyl (C=O) groups is 3. The number of imide groups is 1. The molecule has 1 fully saturated rings. The van der Waals surface area contributed by atoms with Gasteiger partial charge >= 0.3 is 6.03 Å². The van der Waals surface area contributed by atoms with Gasteiger partial charge in [-0.3, -0.25) is 19.4 Å². The maximum atomic E-state index is 13.3. The molecule has 3 aliphatic rings. The van der Waals surface area contributed by atoms with E-state index in [9.17, 15) is 14.4 Å². The fourth-order valence-corrected chi connectivity index (χ4v) is 4.14. The number of rotatable bonds is 3. The third-order valence-electron chi connectivity index (χ3n) is 5.72. The smallest absolute Gasteiger partial charge is 0.302 e. The zero-order valence-electron chi connectivity index (χ0n) is 16.9. The van der Waals surface area contributed by atoms with E-state index in [1.807, 2.05) is 43.1 Å². The van der Waals surface area contributed by atoms with E-state index < -0.39 is 30.2 Å². The number of Topliss-reactive ketones (excluding diaryl/α,β-unsaturated/α-hetero) is 1. The first-order chi connectivity index (χ1) is 13.6. The first kappa shape index (κ1) is 19.4. The second-order valence-electron chi connectivity index (χ2n) is 7.62. The van der Waals surface area contributed by atoms with Gasteiger partial charge in [0.15, 0.2) is 18.0 Å². The van der Waals surface area contributed by atoms with Gasteiger partial charge < -0.3 is 9.80 Å². The number of carbonyl (C=O) groups excluding carboxylic acids is 3. The molecule has 0 bridgehead atoms. The highest BCUT2D eigenvalue weighted by atomic mass is 35.5. The van der Waals surface area contributed by atoms with Gasteiger partial charge in [-0.1, -0.05) is 17.7 Å². The van der Waals surface area contributed by atoms with Gasteiger partial charge in [0.05, 0.1) is 11.7 Å². The lowest BCUT2D eigenvalue weighted by molar-refractivity contribution is -0.142. The quantitative estimate of drug-likeness (QED) is 0.758. The van der Waals surface area contributed by atoms with E-state index in [1.165, 1.54) is 11.8 Å². The number of anilines is 1. The van der Waals surface area contributed by atoms with E-state index in [0.29, 0.717) is 11.0 Å². The summed E-state index contributed by atoms with van der Waals surface area (Å²) in [5.41, 5.74) is 2.75. The topological polar surface area (TPSA) is 76.5 Å². The summed E-state index contributed by atoms with van der Waals surface area (Å²) in [6.07, 6.45) is 1.19. The van der Waals surface area contributed by atoms with E-state index in [2.05, 4.69) is 0 Å². The summed E-state index contributed by atoms with van der Waals surface area (Å²) in [5.74, 6) is -0.108.